The molecule has 0 saturated heterocycles. The second-order valence-corrected chi connectivity index (χ2v) is 6.02. The number of esters is 1. The van der Waals surface area contributed by atoms with Crippen LogP contribution < -0.4 is 16.8 Å². The van der Waals surface area contributed by atoms with Gasteiger partial charge in [-0.05, 0) is 31.0 Å². The van der Waals surface area contributed by atoms with Crippen molar-refractivity contribution in [3.63, 3.8) is 0 Å². The van der Waals surface area contributed by atoms with Crippen LogP contribution in [0.3, 0.4) is 0 Å². The lowest BCUT2D eigenvalue weighted by Crippen LogP contribution is -2.26. The van der Waals surface area contributed by atoms with Crippen molar-refractivity contribution in [2.45, 2.75) is 32.1 Å². The van der Waals surface area contributed by atoms with Crippen molar-refractivity contribution in [1.29, 1.82) is 0 Å². The van der Waals surface area contributed by atoms with Gasteiger partial charge >= 0.3 is 5.97 Å². The second kappa shape index (κ2) is 8.27. The van der Waals surface area contributed by atoms with E-state index in [-0.39, 0.29) is 28.7 Å². The minimum absolute atomic E-state index is 0.0331. The number of rotatable bonds is 6. The topological polar surface area (TPSA) is 142 Å². The molecule has 0 heterocycles. The highest BCUT2D eigenvalue weighted by atomic mass is 16.5. The average Bonchev–Trinajstić information content (AvgIpc) is 2.60. The second-order valence-electron chi connectivity index (χ2n) is 6.02. The zero-order valence-electron chi connectivity index (χ0n) is 13.7. The standard InChI is InChI=1S/C17H21N3O5/c18-15(22)11-6-12(16(19)23)8-13(7-11)20-14(21)9-25-17(24)10-4-2-1-3-5-10/h6-8,10H,1-5,9H2,(H2,18,22)(H2,19,23)(H,20,21). The number of anilines is 1. The van der Waals surface area contributed by atoms with Crippen LogP contribution in [0.5, 0.6) is 0 Å². The van der Waals surface area contributed by atoms with Crippen molar-refractivity contribution in [2.24, 2.45) is 17.4 Å². The minimum Gasteiger partial charge on any atom is -0.455 e. The molecule has 0 aliphatic heterocycles. The SMILES string of the molecule is NC(=O)c1cc(NC(=O)COC(=O)C2CCCCC2)cc(C(N)=O)c1. The van der Waals surface area contributed by atoms with Crippen LogP contribution in [0, 0.1) is 5.92 Å². The lowest BCUT2D eigenvalue weighted by molar-refractivity contribution is -0.152. The molecule has 1 saturated carbocycles. The maximum absolute atomic E-state index is 11.9. The molecule has 0 aromatic heterocycles. The van der Waals surface area contributed by atoms with Gasteiger partial charge in [0.1, 0.15) is 0 Å². The fourth-order valence-electron chi connectivity index (χ4n) is 2.77. The van der Waals surface area contributed by atoms with E-state index in [2.05, 4.69) is 5.32 Å². The largest absolute Gasteiger partial charge is 0.455 e. The molecule has 0 unspecified atom stereocenters. The average molecular weight is 347 g/mol. The summed E-state index contributed by atoms with van der Waals surface area (Å²) in [6, 6.07) is 3.87. The van der Waals surface area contributed by atoms with Gasteiger partial charge in [0, 0.05) is 16.8 Å². The molecular formula is C17H21N3O5. The molecule has 8 nitrogen and oxygen atoms in total. The van der Waals surface area contributed by atoms with Crippen molar-refractivity contribution in [3.8, 4) is 0 Å². The number of nitrogens with one attached hydrogen (secondary N) is 1. The molecule has 5 N–H and O–H groups in total. The van der Waals surface area contributed by atoms with E-state index in [9.17, 15) is 19.2 Å². The Morgan fingerprint density at radius 2 is 1.52 bits per heavy atom. The molecule has 25 heavy (non-hydrogen) atoms. The van der Waals surface area contributed by atoms with Crippen LogP contribution in [0.1, 0.15) is 52.8 Å². The third-order valence-corrected chi connectivity index (χ3v) is 4.07. The van der Waals surface area contributed by atoms with Gasteiger partial charge in [0.05, 0.1) is 5.92 Å². The first-order valence-electron chi connectivity index (χ1n) is 8.08. The summed E-state index contributed by atoms with van der Waals surface area (Å²) in [6.07, 6.45) is 4.65. The van der Waals surface area contributed by atoms with E-state index in [1.54, 1.807) is 0 Å². The van der Waals surface area contributed by atoms with E-state index in [1.165, 1.54) is 18.2 Å². The number of carbonyl (C=O) groups is 4. The smallest absolute Gasteiger partial charge is 0.309 e. The van der Waals surface area contributed by atoms with Crippen LogP contribution in [0.25, 0.3) is 0 Å². The summed E-state index contributed by atoms with van der Waals surface area (Å²) in [4.78, 5) is 46.4. The van der Waals surface area contributed by atoms with Crippen LogP contribution >= 0.6 is 0 Å². The Kier molecular flexibility index (Phi) is 6.10. The number of nitrogens with two attached hydrogens (primary N) is 2. The minimum atomic E-state index is -0.762. The van der Waals surface area contributed by atoms with Crippen molar-refractivity contribution in [3.05, 3.63) is 29.3 Å². The fraction of sp³-hybridized carbons (Fsp3) is 0.412. The van der Waals surface area contributed by atoms with Crippen molar-refractivity contribution in [2.75, 3.05) is 11.9 Å². The normalized spacial score (nSPS) is 14.6. The van der Waals surface area contributed by atoms with Crippen LogP contribution in [0.15, 0.2) is 18.2 Å². The van der Waals surface area contributed by atoms with Crippen LogP contribution in [0.4, 0.5) is 5.69 Å². The van der Waals surface area contributed by atoms with Crippen LogP contribution in [-0.4, -0.2) is 30.3 Å². The van der Waals surface area contributed by atoms with E-state index in [0.717, 1.165) is 32.1 Å². The Morgan fingerprint density at radius 1 is 0.960 bits per heavy atom. The predicted octanol–water partition coefficient (Wildman–Crippen LogP) is 0.946. The third kappa shape index (κ3) is 5.30. The number of hydrogen-bond acceptors (Lipinski definition) is 5. The van der Waals surface area contributed by atoms with Crippen molar-refractivity contribution >= 4 is 29.4 Å². The van der Waals surface area contributed by atoms with E-state index in [4.69, 9.17) is 16.2 Å². The molecule has 0 atom stereocenters. The molecule has 8 heteroatoms. The summed E-state index contributed by atoms with van der Waals surface area (Å²) in [5.74, 6) is -2.63. The monoisotopic (exact) mass is 347 g/mol. The highest BCUT2D eigenvalue weighted by Crippen LogP contribution is 2.24. The summed E-state index contributed by atoms with van der Waals surface area (Å²) in [5.41, 5.74) is 10.6. The lowest BCUT2D eigenvalue weighted by Gasteiger charge is -2.19. The Hall–Kier alpha value is -2.90. The zero-order valence-corrected chi connectivity index (χ0v) is 13.7. The van der Waals surface area contributed by atoms with Gasteiger partial charge in [-0.3, -0.25) is 19.2 Å². The number of amides is 3. The molecule has 2 rings (SSSR count). The Morgan fingerprint density at radius 3 is 2.04 bits per heavy atom. The van der Waals surface area contributed by atoms with Gasteiger partial charge in [-0.1, -0.05) is 19.3 Å². The van der Waals surface area contributed by atoms with Crippen molar-refractivity contribution in [1.82, 2.24) is 0 Å². The summed E-state index contributed by atoms with van der Waals surface area (Å²) >= 11 is 0. The Bertz CT molecular complexity index is 663. The van der Waals surface area contributed by atoms with Crippen LogP contribution in [-0.2, 0) is 14.3 Å². The van der Waals surface area contributed by atoms with Crippen molar-refractivity contribution < 1.29 is 23.9 Å². The molecule has 0 radical (unpaired) electrons. The molecule has 134 valence electrons. The molecule has 1 aromatic carbocycles. The summed E-state index contributed by atoms with van der Waals surface area (Å²) in [6.45, 7) is -0.442. The molecular weight excluding hydrogens is 326 g/mol. The first-order valence-corrected chi connectivity index (χ1v) is 8.08. The molecule has 0 spiro atoms. The maximum Gasteiger partial charge on any atom is 0.309 e. The molecule has 1 aliphatic rings. The number of hydrogen-bond donors (Lipinski definition) is 3. The first kappa shape index (κ1) is 18.4. The van der Waals surface area contributed by atoms with Gasteiger partial charge in [0.25, 0.3) is 5.91 Å². The van der Waals surface area contributed by atoms with E-state index < -0.39 is 24.3 Å². The first-order chi connectivity index (χ1) is 11.9. The van der Waals surface area contributed by atoms with Gasteiger partial charge in [0.2, 0.25) is 11.8 Å². The number of ether oxygens (including phenoxy) is 1. The van der Waals surface area contributed by atoms with E-state index >= 15 is 0 Å². The molecule has 0 bridgehead atoms. The predicted molar refractivity (Wildman–Crippen MR) is 89.6 cm³/mol. The summed E-state index contributed by atoms with van der Waals surface area (Å²) in [7, 11) is 0. The number of primary amides is 2. The molecule has 1 aliphatic carbocycles. The fourth-order valence-corrected chi connectivity index (χ4v) is 2.77. The zero-order chi connectivity index (χ0) is 18.4. The van der Waals surface area contributed by atoms with Gasteiger partial charge < -0.3 is 21.5 Å². The quantitative estimate of drug-likeness (QED) is 0.657. The van der Waals surface area contributed by atoms with E-state index in [0.29, 0.717) is 0 Å². The summed E-state index contributed by atoms with van der Waals surface area (Å²) < 4.78 is 5.04. The maximum atomic E-state index is 11.9. The Labute approximate surface area is 144 Å². The summed E-state index contributed by atoms with van der Waals surface area (Å²) in [5, 5.41) is 2.46. The third-order valence-electron chi connectivity index (χ3n) is 4.07. The highest BCUT2D eigenvalue weighted by molar-refractivity contribution is 6.02. The Balaban J connectivity index is 1.96. The van der Waals surface area contributed by atoms with Crippen LogP contribution in [0.2, 0.25) is 0 Å². The molecule has 1 fully saturated rings. The van der Waals surface area contributed by atoms with Gasteiger partial charge in [0.15, 0.2) is 6.61 Å². The lowest BCUT2D eigenvalue weighted by atomic mass is 9.89. The highest BCUT2D eigenvalue weighted by Gasteiger charge is 2.23. The number of benzene rings is 1. The van der Waals surface area contributed by atoms with Gasteiger partial charge in [-0.15, -0.1) is 0 Å². The van der Waals surface area contributed by atoms with Gasteiger partial charge in [-0.25, -0.2) is 0 Å². The molecule has 3 amide bonds. The van der Waals surface area contributed by atoms with Gasteiger partial charge in [-0.2, -0.15) is 0 Å². The number of carbonyl (C=O) groups excluding carboxylic acids is 4. The van der Waals surface area contributed by atoms with E-state index in [1.807, 2.05) is 0 Å². The molecule has 1 aromatic rings.